The topological polar surface area (TPSA) is 78.8 Å². The van der Waals surface area contributed by atoms with Crippen molar-refractivity contribution in [2.45, 2.75) is 13.3 Å². The minimum atomic E-state index is -0.161. The molecule has 0 bridgehead atoms. The first kappa shape index (κ1) is 15.7. The molecule has 0 aromatic heterocycles. The number of nitrogens with one attached hydrogen (secondary N) is 1. The summed E-state index contributed by atoms with van der Waals surface area (Å²) in [6.45, 7) is 2.93. The van der Waals surface area contributed by atoms with Crippen molar-refractivity contribution in [1.29, 1.82) is 0 Å². The summed E-state index contributed by atoms with van der Waals surface area (Å²) in [5, 5.41) is 21.5. The molecule has 0 spiro atoms. The molecule has 0 aliphatic rings. The van der Waals surface area contributed by atoms with E-state index in [0.717, 1.165) is 11.3 Å². The molecular weight excluding hydrogens is 282 g/mol. The third-order valence-electron chi connectivity index (χ3n) is 3.17. The van der Waals surface area contributed by atoms with Crippen LogP contribution in [-0.2, 0) is 6.42 Å². The van der Waals surface area contributed by atoms with Gasteiger partial charge in [-0.15, -0.1) is 0 Å². The van der Waals surface area contributed by atoms with Crippen LogP contribution in [0, 0.1) is 0 Å². The zero-order chi connectivity index (χ0) is 15.9. The number of hydrogen-bond acceptors (Lipinski definition) is 4. The lowest BCUT2D eigenvalue weighted by molar-refractivity contribution is 0.0954. The lowest BCUT2D eigenvalue weighted by atomic mass is 10.1. The molecule has 0 saturated carbocycles. The third kappa shape index (κ3) is 4.15. The van der Waals surface area contributed by atoms with Crippen molar-refractivity contribution in [3.05, 3.63) is 53.6 Å². The van der Waals surface area contributed by atoms with Crippen LogP contribution in [0.5, 0.6) is 17.2 Å². The van der Waals surface area contributed by atoms with Crippen molar-refractivity contribution >= 4 is 5.91 Å². The van der Waals surface area contributed by atoms with E-state index in [0.29, 0.717) is 25.1 Å². The molecule has 0 saturated heterocycles. The van der Waals surface area contributed by atoms with Gasteiger partial charge in [0.15, 0.2) is 11.5 Å². The van der Waals surface area contributed by atoms with Gasteiger partial charge in [-0.1, -0.05) is 6.07 Å². The Kier molecular flexibility index (Phi) is 5.25. The quantitative estimate of drug-likeness (QED) is 0.716. The SMILES string of the molecule is CCOc1ccc(C(=O)NCCc2ccc(O)c(O)c2)cc1. The maximum Gasteiger partial charge on any atom is 0.251 e. The summed E-state index contributed by atoms with van der Waals surface area (Å²) in [5.41, 5.74) is 1.40. The van der Waals surface area contributed by atoms with Crippen LogP contribution in [0.1, 0.15) is 22.8 Å². The minimum absolute atomic E-state index is 0.151. The van der Waals surface area contributed by atoms with Crippen molar-refractivity contribution < 1.29 is 19.7 Å². The normalized spacial score (nSPS) is 10.2. The summed E-state index contributed by atoms with van der Waals surface area (Å²) in [5.74, 6) is 0.266. The molecule has 0 radical (unpaired) electrons. The number of aromatic hydroxyl groups is 2. The lowest BCUT2D eigenvalue weighted by Gasteiger charge is -2.07. The molecule has 0 aliphatic carbocycles. The summed E-state index contributed by atoms with van der Waals surface area (Å²) in [6, 6.07) is 11.6. The number of carbonyl (C=O) groups excluding carboxylic acids is 1. The Morgan fingerprint density at radius 3 is 2.45 bits per heavy atom. The van der Waals surface area contributed by atoms with Gasteiger partial charge in [0.05, 0.1) is 6.61 Å². The van der Waals surface area contributed by atoms with E-state index in [1.807, 2.05) is 6.92 Å². The van der Waals surface area contributed by atoms with Crippen LogP contribution in [-0.4, -0.2) is 29.3 Å². The number of phenolic OH excluding ortho intramolecular Hbond substituents is 2. The van der Waals surface area contributed by atoms with E-state index in [4.69, 9.17) is 4.74 Å². The molecule has 2 aromatic rings. The van der Waals surface area contributed by atoms with E-state index in [1.165, 1.54) is 12.1 Å². The Labute approximate surface area is 129 Å². The van der Waals surface area contributed by atoms with Crippen molar-refractivity contribution in [1.82, 2.24) is 5.32 Å². The molecule has 0 unspecified atom stereocenters. The summed E-state index contributed by atoms with van der Waals surface area (Å²) in [6.07, 6.45) is 0.566. The number of benzene rings is 2. The molecule has 116 valence electrons. The summed E-state index contributed by atoms with van der Waals surface area (Å²) in [7, 11) is 0. The molecule has 22 heavy (non-hydrogen) atoms. The van der Waals surface area contributed by atoms with Crippen LogP contribution in [0.15, 0.2) is 42.5 Å². The van der Waals surface area contributed by atoms with Crippen molar-refractivity contribution in [2.24, 2.45) is 0 Å². The van der Waals surface area contributed by atoms with E-state index < -0.39 is 0 Å². The fourth-order valence-electron chi connectivity index (χ4n) is 2.02. The van der Waals surface area contributed by atoms with Gasteiger partial charge in [-0.3, -0.25) is 4.79 Å². The van der Waals surface area contributed by atoms with Gasteiger partial charge in [-0.2, -0.15) is 0 Å². The maximum absolute atomic E-state index is 12.0. The van der Waals surface area contributed by atoms with E-state index in [9.17, 15) is 15.0 Å². The highest BCUT2D eigenvalue weighted by molar-refractivity contribution is 5.94. The number of amides is 1. The second kappa shape index (κ2) is 7.36. The predicted molar refractivity (Wildman–Crippen MR) is 83.4 cm³/mol. The molecule has 2 rings (SSSR count). The number of phenols is 2. The average molecular weight is 301 g/mol. The van der Waals surface area contributed by atoms with Crippen LogP contribution >= 0.6 is 0 Å². The summed E-state index contributed by atoms with van der Waals surface area (Å²) in [4.78, 5) is 12.0. The Hall–Kier alpha value is -2.69. The first-order valence-electron chi connectivity index (χ1n) is 7.12. The van der Waals surface area contributed by atoms with Crippen molar-refractivity contribution in [2.75, 3.05) is 13.2 Å². The number of ether oxygens (including phenoxy) is 1. The smallest absolute Gasteiger partial charge is 0.251 e. The van der Waals surface area contributed by atoms with Crippen LogP contribution < -0.4 is 10.1 Å². The Balaban J connectivity index is 1.85. The number of hydrogen-bond donors (Lipinski definition) is 3. The molecule has 0 fully saturated rings. The molecule has 5 nitrogen and oxygen atoms in total. The van der Waals surface area contributed by atoms with Crippen LogP contribution in [0.25, 0.3) is 0 Å². The lowest BCUT2D eigenvalue weighted by Crippen LogP contribution is -2.25. The molecule has 0 heterocycles. The first-order chi connectivity index (χ1) is 10.6. The average Bonchev–Trinajstić information content (AvgIpc) is 2.52. The van der Waals surface area contributed by atoms with Gasteiger partial charge in [0, 0.05) is 12.1 Å². The Bertz CT molecular complexity index is 638. The highest BCUT2D eigenvalue weighted by Gasteiger charge is 2.06. The fraction of sp³-hybridized carbons (Fsp3) is 0.235. The largest absolute Gasteiger partial charge is 0.504 e. The van der Waals surface area contributed by atoms with E-state index >= 15 is 0 Å². The Morgan fingerprint density at radius 2 is 1.82 bits per heavy atom. The van der Waals surface area contributed by atoms with E-state index in [-0.39, 0.29) is 17.4 Å². The molecule has 0 aliphatic heterocycles. The second-order valence-electron chi connectivity index (χ2n) is 4.79. The van der Waals surface area contributed by atoms with Gasteiger partial charge in [-0.05, 0) is 55.3 Å². The maximum atomic E-state index is 12.0. The molecular formula is C17H19NO4. The van der Waals surface area contributed by atoms with Crippen molar-refractivity contribution in [3.8, 4) is 17.2 Å². The zero-order valence-corrected chi connectivity index (χ0v) is 12.4. The number of rotatable bonds is 6. The molecule has 3 N–H and O–H groups in total. The molecule has 1 amide bonds. The van der Waals surface area contributed by atoms with Gasteiger partial charge < -0.3 is 20.3 Å². The van der Waals surface area contributed by atoms with Gasteiger partial charge in [0.1, 0.15) is 5.75 Å². The third-order valence-corrected chi connectivity index (χ3v) is 3.17. The second-order valence-corrected chi connectivity index (χ2v) is 4.79. The van der Waals surface area contributed by atoms with E-state index in [1.54, 1.807) is 30.3 Å². The van der Waals surface area contributed by atoms with Crippen LogP contribution in [0.2, 0.25) is 0 Å². The van der Waals surface area contributed by atoms with E-state index in [2.05, 4.69) is 5.32 Å². The zero-order valence-electron chi connectivity index (χ0n) is 12.4. The Morgan fingerprint density at radius 1 is 1.09 bits per heavy atom. The molecule has 0 atom stereocenters. The first-order valence-corrected chi connectivity index (χ1v) is 7.12. The predicted octanol–water partition coefficient (Wildman–Crippen LogP) is 2.47. The fourth-order valence-corrected chi connectivity index (χ4v) is 2.02. The monoisotopic (exact) mass is 301 g/mol. The summed E-state index contributed by atoms with van der Waals surface area (Å²) < 4.78 is 5.32. The van der Waals surface area contributed by atoms with Gasteiger partial charge >= 0.3 is 0 Å². The van der Waals surface area contributed by atoms with Crippen LogP contribution in [0.3, 0.4) is 0 Å². The number of carbonyl (C=O) groups is 1. The van der Waals surface area contributed by atoms with Crippen LogP contribution in [0.4, 0.5) is 0 Å². The highest BCUT2D eigenvalue weighted by Crippen LogP contribution is 2.24. The highest BCUT2D eigenvalue weighted by atomic mass is 16.5. The minimum Gasteiger partial charge on any atom is -0.504 e. The summed E-state index contributed by atoms with van der Waals surface area (Å²) >= 11 is 0. The van der Waals surface area contributed by atoms with Gasteiger partial charge in [0.25, 0.3) is 5.91 Å². The van der Waals surface area contributed by atoms with Gasteiger partial charge in [-0.25, -0.2) is 0 Å². The molecule has 2 aromatic carbocycles. The van der Waals surface area contributed by atoms with Crippen molar-refractivity contribution in [3.63, 3.8) is 0 Å². The standard InChI is InChI=1S/C17H19NO4/c1-2-22-14-6-4-13(5-7-14)17(21)18-10-9-12-3-8-15(19)16(20)11-12/h3-8,11,19-20H,2,9-10H2,1H3,(H,18,21). The molecule has 5 heteroatoms. The van der Waals surface area contributed by atoms with Gasteiger partial charge in [0.2, 0.25) is 0 Å².